The fraction of sp³-hybridized carbons (Fsp3) is 0.455. The molecule has 7 heteroatoms. The van der Waals surface area contributed by atoms with Crippen LogP contribution >= 0.6 is 0 Å². The zero-order valence-corrected chi connectivity index (χ0v) is 10.6. The van der Waals surface area contributed by atoms with Crippen LogP contribution in [-0.4, -0.2) is 26.9 Å². The van der Waals surface area contributed by atoms with Crippen LogP contribution in [0.1, 0.15) is 25.2 Å². The van der Waals surface area contributed by atoms with E-state index >= 15 is 0 Å². The summed E-state index contributed by atoms with van der Waals surface area (Å²) in [6.45, 7) is 5.21. The van der Waals surface area contributed by atoms with E-state index in [1.165, 1.54) is 0 Å². The first-order valence-corrected chi connectivity index (χ1v) is 5.41. The van der Waals surface area contributed by atoms with Gasteiger partial charge in [-0.3, -0.25) is 14.8 Å². The molecule has 0 atom stereocenters. The molecule has 0 radical (unpaired) electrons. The second-order valence-electron chi connectivity index (χ2n) is 4.44. The van der Waals surface area contributed by atoms with E-state index in [9.17, 15) is 4.79 Å². The number of nitrogens with one attached hydrogen (secondary N) is 1. The molecule has 1 rings (SSSR count). The van der Waals surface area contributed by atoms with E-state index in [1.54, 1.807) is 26.2 Å². The molecule has 0 saturated carbocycles. The Labute approximate surface area is 105 Å². The fourth-order valence-corrected chi connectivity index (χ4v) is 1.14. The first-order valence-electron chi connectivity index (χ1n) is 5.41. The van der Waals surface area contributed by atoms with E-state index in [-0.39, 0.29) is 18.3 Å². The maximum absolute atomic E-state index is 11.9. The molecule has 0 saturated heterocycles. The molecule has 1 aromatic heterocycles. The zero-order valence-electron chi connectivity index (χ0n) is 10.6. The minimum absolute atomic E-state index is 0.144. The van der Waals surface area contributed by atoms with Gasteiger partial charge in [-0.05, 0) is 20.8 Å². The van der Waals surface area contributed by atoms with Gasteiger partial charge in [0.2, 0.25) is 5.91 Å². The van der Waals surface area contributed by atoms with Crippen molar-refractivity contribution in [3.8, 4) is 0 Å². The highest BCUT2D eigenvalue weighted by Crippen LogP contribution is 2.15. The summed E-state index contributed by atoms with van der Waals surface area (Å²) >= 11 is 0. The Balaban J connectivity index is 2.64. The van der Waals surface area contributed by atoms with Gasteiger partial charge in [-0.25, -0.2) is 0 Å². The van der Waals surface area contributed by atoms with Crippen LogP contribution in [0, 0.1) is 12.3 Å². The quantitative estimate of drug-likeness (QED) is 0.305. The predicted molar refractivity (Wildman–Crippen MR) is 65.8 cm³/mol. The Morgan fingerprint density at radius 3 is 2.67 bits per heavy atom. The molecule has 1 aromatic rings. The summed E-state index contributed by atoms with van der Waals surface area (Å²) in [5, 5.41) is 14.1. The number of oxime groups is 1. The third-order valence-corrected chi connectivity index (χ3v) is 2.58. The van der Waals surface area contributed by atoms with Crippen LogP contribution in [0.5, 0.6) is 0 Å². The lowest BCUT2D eigenvalue weighted by atomic mass is 9.91. The largest absolute Gasteiger partial charge is 0.409 e. The van der Waals surface area contributed by atoms with Crippen LogP contribution in [-0.2, 0) is 11.3 Å². The fourth-order valence-electron chi connectivity index (χ4n) is 1.14. The molecule has 1 heterocycles. The van der Waals surface area contributed by atoms with Crippen molar-refractivity contribution in [1.82, 2.24) is 15.3 Å². The van der Waals surface area contributed by atoms with Crippen molar-refractivity contribution in [1.29, 1.82) is 0 Å². The SMILES string of the molecule is Cc1cnc(CNC(=O)C(C)(C)C(N)=NO)cn1. The molecule has 7 nitrogen and oxygen atoms in total. The Kier molecular flexibility index (Phi) is 4.19. The lowest BCUT2D eigenvalue weighted by molar-refractivity contribution is -0.126. The molecule has 1 amide bonds. The second kappa shape index (κ2) is 5.44. The summed E-state index contributed by atoms with van der Waals surface area (Å²) in [5.74, 6) is -0.491. The number of aryl methyl sites for hydroxylation is 1. The molecule has 18 heavy (non-hydrogen) atoms. The molecule has 0 unspecified atom stereocenters. The van der Waals surface area contributed by atoms with Gasteiger partial charge in [0, 0.05) is 6.20 Å². The van der Waals surface area contributed by atoms with Crippen molar-refractivity contribution in [3.63, 3.8) is 0 Å². The maximum Gasteiger partial charge on any atom is 0.233 e. The summed E-state index contributed by atoms with van der Waals surface area (Å²) in [6, 6.07) is 0. The second-order valence-corrected chi connectivity index (χ2v) is 4.44. The van der Waals surface area contributed by atoms with Gasteiger partial charge in [0.05, 0.1) is 24.1 Å². The summed E-state index contributed by atoms with van der Waals surface area (Å²) in [6.07, 6.45) is 3.21. The average molecular weight is 251 g/mol. The van der Waals surface area contributed by atoms with Crippen molar-refractivity contribution < 1.29 is 10.0 Å². The first-order chi connectivity index (χ1) is 8.37. The molecule has 4 N–H and O–H groups in total. The lowest BCUT2D eigenvalue weighted by Crippen LogP contribution is -2.45. The normalized spacial score (nSPS) is 12.3. The minimum Gasteiger partial charge on any atom is -0.409 e. The minimum atomic E-state index is -1.08. The van der Waals surface area contributed by atoms with Crippen LogP contribution < -0.4 is 11.1 Å². The molecule has 0 aromatic carbocycles. The average Bonchev–Trinajstić information content (AvgIpc) is 2.36. The van der Waals surface area contributed by atoms with Crippen LogP contribution in [0.25, 0.3) is 0 Å². The number of carbonyl (C=O) groups is 1. The topological polar surface area (TPSA) is 113 Å². The van der Waals surface area contributed by atoms with E-state index in [1.807, 2.05) is 6.92 Å². The van der Waals surface area contributed by atoms with Gasteiger partial charge in [0.1, 0.15) is 5.41 Å². The van der Waals surface area contributed by atoms with Crippen molar-refractivity contribution in [2.45, 2.75) is 27.3 Å². The van der Waals surface area contributed by atoms with Crippen molar-refractivity contribution >= 4 is 11.7 Å². The summed E-state index contributed by atoms with van der Waals surface area (Å²) in [4.78, 5) is 20.1. The van der Waals surface area contributed by atoms with E-state index in [0.717, 1.165) is 5.69 Å². The highest BCUT2D eigenvalue weighted by Gasteiger charge is 2.32. The number of nitrogens with two attached hydrogens (primary N) is 1. The standard InChI is InChI=1S/C11H17N5O2/c1-7-4-14-8(5-13-7)6-15-10(17)11(2,3)9(12)16-18/h4-5,18H,6H2,1-3H3,(H2,12,16)(H,15,17). The van der Waals surface area contributed by atoms with E-state index < -0.39 is 5.41 Å². The van der Waals surface area contributed by atoms with E-state index in [4.69, 9.17) is 10.9 Å². The molecule has 0 aliphatic heterocycles. The third-order valence-electron chi connectivity index (χ3n) is 2.58. The number of amidine groups is 1. The van der Waals surface area contributed by atoms with Gasteiger partial charge in [0.15, 0.2) is 5.84 Å². The number of nitrogens with zero attached hydrogens (tertiary/aromatic N) is 3. The summed E-state index contributed by atoms with van der Waals surface area (Å²) in [5.41, 5.74) is 5.83. The van der Waals surface area contributed by atoms with E-state index in [2.05, 4.69) is 20.4 Å². The summed E-state index contributed by atoms with van der Waals surface area (Å²) < 4.78 is 0. The number of rotatable bonds is 4. The number of carbonyl (C=O) groups excluding carboxylic acids is 1. The number of aromatic nitrogens is 2. The van der Waals surface area contributed by atoms with Crippen LogP contribution in [0.4, 0.5) is 0 Å². The van der Waals surface area contributed by atoms with Gasteiger partial charge in [0.25, 0.3) is 0 Å². The molecule has 0 bridgehead atoms. The Bertz CT molecular complexity index is 453. The number of hydrogen-bond donors (Lipinski definition) is 3. The maximum atomic E-state index is 11.9. The smallest absolute Gasteiger partial charge is 0.233 e. The van der Waals surface area contributed by atoms with Gasteiger partial charge in [-0.1, -0.05) is 5.16 Å². The predicted octanol–water partition coefficient (Wildman–Crippen LogP) is 0.174. The molecule has 0 fully saturated rings. The third kappa shape index (κ3) is 3.16. The van der Waals surface area contributed by atoms with Gasteiger partial charge in [-0.2, -0.15) is 0 Å². The van der Waals surface area contributed by atoms with Crippen molar-refractivity contribution in [2.24, 2.45) is 16.3 Å². The highest BCUT2D eigenvalue weighted by molar-refractivity contribution is 6.05. The molecule has 0 spiro atoms. The molecular formula is C11H17N5O2. The first kappa shape index (κ1) is 13.9. The van der Waals surface area contributed by atoms with Crippen LogP contribution in [0.3, 0.4) is 0 Å². The monoisotopic (exact) mass is 251 g/mol. The lowest BCUT2D eigenvalue weighted by Gasteiger charge is -2.21. The Morgan fingerprint density at radius 1 is 1.50 bits per heavy atom. The number of amides is 1. The van der Waals surface area contributed by atoms with Crippen molar-refractivity contribution in [3.05, 3.63) is 23.8 Å². The molecule has 0 aliphatic rings. The van der Waals surface area contributed by atoms with Gasteiger partial charge >= 0.3 is 0 Å². The van der Waals surface area contributed by atoms with E-state index in [0.29, 0.717) is 5.69 Å². The van der Waals surface area contributed by atoms with Crippen LogP contribution in [0.15, 0.2) is 17.5 Å². The van der Waals surface area contributed by atoms with Gasteiger partial charge in [-0.15, -0.1) is 0 Å². The van der Waals surface area contributed by atoms with Gasteiger partial charge < -0.3 is 16.3 Å². The molecular weight excluding hydrogens is 234 g/mol. The van der Waals surface area contributed by atoms with Crippen molar-refractivity contribution in [2.75, 3.05) is 0 Å². The summed E-state index contributed by atoms with van der Waals surface area (Å²) in [7, 11) is 0. The Morgan fingerprint density at radius 2 is 2.17 bits per heavy atom. The molecule has 0 aliphatic carbocycles. The number of hydrogen-bond acceptors (Lipinski definition) is 5. The highest BCUT2D eigenvalue weighted by atomic mass is 16.4. The molecule has 98 valence electrons. The van der Waals surface area contributed by atoms with Crippen LogP contribution in [0.2, 0.25) is 0 Å². The Hall–Kier alpha value is -2.18. The zero-order chi connectivity index (χ0) is 13.8.